The van der Waals surface area contributed by atoms with Gasteiger partial charge in [0.15, 0.2) is 0 Å². The van der Waals surface area contributed by atoms with Crippen LogP contribution in [0.3, 0.4) is 0 Å². The van der Waals surface area contributed by atoms with Crippen LogP contribution in [0.15, 0.2) is 6.20 Å². The van der Waals surface area contributed by atoms with Crippen molar-refractivity contribution in [1.82, 2.24) is 15.1 Å². The van der Waals surface area contributed by atoms with E-state index in [1.54, 1.807) is 0 Å². The Morgan fingerprint density at radius 1 is 1.56 bits per heavy atom. The minimum Gasteiger partial charge on any atom is -0.350 e. The summed E-state index contributed by atoms with van der Waals surface area (Å²) in [7, 11) is 1.96. The largest absolute Gasteiger partial charge is 0.350 e. The Hall–Kier alpha value is -1.32. The molecule has 1 fully saturated rings. The molecular formula is C14H23N3O. The molecule has 1 unspecified atom stereocenters. The molecule has 0 radical (unpaired) electrons. The van der Waals surface area contributed by atoms with E-state index in [0.717, 1.165) is 19.3 Å². The van der Waals surface area contributed by atoms with Gasteiger partial charge in [0, 0.05) is 24.7 Å². The van der Waals surface area contributed by atoms with E-state index in [2.05, 4.69) is 31.2 Å². The molecule has 1 N–H and O–H groups in total. The number of nitrogens with one attached hydrogen (secondary N) is 1. The van der Waals surface area contributed by atoms with Gasteiger partial charge in [-0.3, -0.25) is 9.48 Å². The number of aryl methyl sites for hydroxylation is 1. The van der Waals surface area contributed by atoms with E-state index in [1.165, 1.54) is 11.3 Å². The van der Waals surface area contributed by atoms with E-state index < -0.39 is 0 Å². The first-order valence-corrected chi connectivity index (χ1v) is 6.70. The fraction of sp³-hybridized carbons (Fsp3) is 0.714. The van der Waals surface area contributed by atoms with Gasteiger partial charge in [0.2, 0.25) is 5.91 Å². The molecule has 1 aliphatic rings. The van der Waals surface area contributed by atoms with E-state index in [1.807, 2.05) is 17.9 Å². The van der Waals surface area contributed by atoms with Crippen molar-refractivity contribution in [3.8, 4) is 0 Å². The zero-order valence-electron chi connectivity index (χ0n) is 11.8. The molecule has 4 heteroatoms. The van der Waals surface area contributed by atoms with E-state index >= 15 is 0 Å². The summed E-state index contributed by atoms with van der Waals surface area (Å²) >= 11 is 0. The molecule has 0 aromatic carbocycles. The minimum atomic E-state index is -0.0565. The maximum atomic E-state index is 11.6. The average Bonchev–Trinajstić information content (AvgIpc) is 2.76. The fourth-order valence-corrected chi connectivity index (χ4v) is 3.00. The van der Waals surface area contributed by atoms with Crippen LogP contribution < -0.4 is 5.32 Å². The Kier molecular flexibility index (Phi) is 3.46. The molecule has 0 spiro atoms. The summed E-state index contributed by atoms with van der Waals surface area (Å²) in [5, 5.41) is 7.50. The van der Waals surface area contributed by atoms with Crippen LogP contribution in [0.4, 0.5) is 0 Å². The first-order valence-electron chi connectivity index (χ1n) is 6.70. The lowest BCUT2D eigenvalue weighted by Crippen LogP contribution is -2.44. The molecule has 1 amide bonds. The molecule has 100 valence electrons. The standard InChI is InChI=1S/C14H23N3O/c1-10(2)7-14(6-5-13(18)16-14)8-12-9-15-17(4)11(12)3/h9-10H,5-8H2,1-4H3,(H,16,18). The van der Waals surface area contributed by atoms with Crippen LogP contribution in [-0.4, -0.2) is 21.2 Å². The second-order valence-corrected chi connectivity index (χ2v) is 5.98. The molecule has 1 saturated heterocycles. The highest BCUT2D eigenvalue weighted by Crippen LogP contribution is 2.31. The fourth-order valence-electron chi connectivity index (χ4n) is 3.00. The molecule has 18 heavy (non-hydrogen) atoms. The van der Waals surface area contributed by atoms with Crippen molar-refractivity contribution >= 4 is 5.91 Å². The summed E-state index contributed by atoms with van der Waals surface area (Å²) in [6.07, 6.45) is 5.47. The summed E-state index contributed by atoms with van der Waals surface area (Å²) in [6, 6.07) is 0. The van der Waals surface area contributed by atoms with Gasteiger partial charge in [-0.2, -0.15) is 5.10 Å². The number of carbonyl (C=O) groups excluding carboxylic acids is 1. The van der Waals surface area contributed by atoms with Crippen LogP contribution in [0.5, 0.6) is 0 Å². The maximum Gasteiger partial charge on any atom is 0.220 e. The smallest absolute Gasteiger partial charge is 0.220 e. The zero-order chi connectivity index (χ0) is 13.3. The third-order valence-corrected chi connectivity index (χ3v) is 3.90. The Balaban J connectivity index is 2.20. The summed E-state index contributed by atoms with van der Waals surface area (Å²) in [5.41, 5.74) is 2.39. The number of hydrogen-bond donors (Lipinski definition) is 1. The van der Waals surface area contributed by atoms with Crippen LogP contribution in [-0.2, 0) is 18.3 Å². The highest BCUT2D eigenvalue weighted by Gasteiger charge is 2.38. The number of carbonyl (C=O) groups is 1. The van der Waals surface area contributed by atoms with Crippen molar-refractivity contribution in [2.75, 3.05) is 0 Å². The van der Waals surface area contributed by atoms with Gasteiger partial charge in [-0.1, -0.05) is 13.8 Å². The number of amides is 1. The van der Waals surface area contributed by atoms with E-state index in [-0.39, 0.29) is 11.4 Å². The van der Waals surface area contributed by atoms with Crippen LogP contribution in [0.2, 0.25) is 0 Å². The predicted molar refractivity (Wildman–Crippen MR) is 71.2 cm³/mol. The van der Waals surface area contributed by atoms with Gasteiger partial charge in [-0.05, 0) is 37.7 Å². The summed E-state index contributed by atoms with van der Waals surface area (Å²) in [6.45, 7) is 6.51. The van der Waals surface area contributed by atoms with Gasteiger partial charge in [0.25, 0.3) is 0 Å². The van der Waals surface area contributed by atoms with Crippen molar-refractivity contribution in [2.45, 2.75) is 52.0 Å². The van der Waals surface area contributed by atoms with E-state index in [9.17, 15) is 4.79 Å². The average molecular weight is 249 g/mol. The van der Waals surface area contributed by atoms with Crippen molar-refractivity contribution in [3.63, 3.8) is 0 Å². The molecule has 2 rings (SSSR count). The van der Waals surface area contributed by atoms with Crippen LogP contribution >= 0.6 is 0 Å². The summed E-state index contributed by atoms with van der Waals surface area (Å²) in [5.74, 6) is 0.776. The molecule has 4 nitrogen and oxygen atoms in total. The summed E-state index contributed by atoms with van der Waals surface area (Å²) < 4.78 is 1.90. The third kappa shape index (κ3) is 2.57. The quantitative estimate of drug-likeness (QED) is 0.886. The second-order valence-electron chi connectivity index (χ2n) is 5.98. The zero-order valence-corrected chi connectivity index (χ0v) is 11.8. The molecule has 1 aromatic rings. The number of aromatic nitrogens is 2. The van der Waals surface area contributed by atoms with Crippen LogP contribution in [0.25, 0.3) is 0 Å². The highest BCUT2D eigenvalue weighted by molar-refractivity contribution is 5.79. The normalized spacial score (nSPS) is 23.7. The van der Waals surface area contributed by atoms with Crippen LogP contribution in [0, 0.1) is 12.8 Å². The molecule has 1 aliphatic heterocycles. The van der Waals surface area contributed by atoms with Gasteiger partial charge in [0.1, 0.15) is 0 Å². The summed E-state index contributed by atoms with van der Waals surface area (Å²) in [4.78, 5) is 11.6. The van der Waals surface area contributed by atoms with Crippen molar-refractivity contribution < 1.29 is 4.79 Å². The first kappa shape index (κ1) is 13.1. The Labute approximate surface area is 109 Å². The Morgan fingerprint density at radius 2 is 2.28 bits per heavy atom. The van der Waals surface area contributed by atoms with Crippen molar-refractivity contribution in [3.05, 3.63) is 17.5 Å². The van der Waals surface area contributed by atoms with Gasteiger partial charge in [-0.15, -0.1) is 0 Å². The predicted octanol–water partition coefficient (Wildman–Crippen LogP) is 1.97. The van der Waals surface area contributed by atoms with Gasteiger partial charge >= 0.3 is 0 Å². The topological polar surface area (TPSA) is 46.9 Å². The van der Waals surface area contributed by atoms with Crippen molar-refractivity contribution in [1.29, 1.82) is 0 Å². The molecule has 1 atom stereocenters. The number of nitrogens with zero attached hydrogens (tertiary/aromatic N) is 2. The number of rotatable bonds is 4. The SMILES string of the molecule is Cc1c(CC2(CC(C)C)CCC(=O)N2)cnn1C. The molecule has 0 aliphatic carbocycles. The molecule has 1 aromatic heterocycles. The lowest BCUT2D eigenvalue weighted by atomic mass is 9.82. The minimum absolute atomic E-state index is 0.0565. The second kappa shape index (κ2) is 4.75. The lowest BCUT2D eigenvalue weighted by Gasteiger charge is -2.31. The molecular weight excluding hydrogens is 226 g/mol. The van der Waals surface area contributed by atoms with Gasteiger partial charge in [-0.25, -0.2) is 0 Å². The van der Waals surface area contributed by atoms with Gasteiger partial charge in [0.05, 0.1) is 6.20 Å². The Morgan fingerprint density at radius 3 is 2.72 bits per heavy atom. The van der Waals surface area contributed by atoms with Crippen LogP contribution in [0.1, 0.15) is 44.4 Å². The monoisotopic (exact) mass is 249 g/mol. The van der Waals surface area contributed by atoms with Crippen molar-refractivity contribution in [2.24, 2.45) is 13.0 Å². The van der Waals surface area contributed by atoms with E-state index in [4.69, 9.17) is 0 Å². The highest BCUT2D eigenvalue weighted by atomic mass is 16.2. The third-order valence-electron chi connectivity index (χ3n) is 3.90. The molecule has 0 bridgehead atoms. The number of hydrogen-bond acceptors (Lipinski definition) is 2. The lowest BCUT2D eigenvalue weighted by molar-refractivity contribution is -0.119. The molecule has 0 saturated carbocycles. The van der Waals surface area contributed by atoms with E-state index in [0.29, 0.717) is 12.3 Å². The molecule has 2 heterocycles. The van der Waals surface area contributed by atoms with Gasteiger partial charge < -0.3 is 5.32 Å². The Bertz CT molecular complexity index is 450. The maximum absolute atomic E-state index is 11.6. The first-order chi connectivity index (χ1) is 8.42.